The first-order chi connectivity index (χ1) is 30.1. The summed E-state index contributed by atoms with van der Waals surface area (Å²) in [7, 11) is 2.44. The maximum atomic E-state index is 15.0. The predicted octanol–water partition coefficient (Wildman–Crippen LogP) is 6.06. The molecule has 344 valence electrons. The highest BCUT2D eigenvalue weighted by Gasteiger charge is 2.54. The quantitative estimate of drug-likeness (QED) is 0.177. The van der Waals surface area contributed by atoms with Gasteiger partial charge in [0.25, 0.3) is 0 Å². The molecule has 0 aliphatic carbocycles. The number of hydrogen-bond donors (Lipinski definition) is 4. The minimum Gasteiger partial charge on any atom is -0.453 e. The fraction of sp³-hybridized carbons (Fsp3) is 0.500. The molecular weight excluding hydrogens is 822 g/mol. The Morgan fingerprint density at radius 2 is 1.05 bits per heavy atom. The summed E-state index contributed by atoms with van der Waals surface area (Å²) in [5.74, 6) is -2.66. The van der Waals surface area contributed by atoms with Gasteiger partial charge in [0.1, 0.15) is 29.0 Å². The van der Waals surface area contributed by atoms with Crippen molar-refractivity contribution >= 4 is 41.5 Å². The van der Waals surface area contributed by atoms with E-state index in [0.29, 0.717) is 55.3 Å². The van der Waals surface area contributed by atoms with Gasteiger partial charge in [-0.15, -0.1) is 0 Å². The number of nitrogens with two attached hydrogens (primary N) is 2. The first-order valence-corrected chi connectivity index (χ1v) is 21.8. The van der Waals surface area contributed by atoms with Crippen LogP contribution in [0.1, 0.15) is 114 Å². The van der Waals surface area contributed by atoms with Crippen LogP contribution in [0.3, 0.4) is 0 Å². The Bertz CT molecular complexity index is 2120. The standard InChI is InChI=1S/C48H62FN7O8/c1-45(2,3)37(52-43(61)63-7)39(57)54-26-10-24-47(54,41(50)59)31-18-14-29(15-19-31)35-22-23-36(56(35)34-13-9-12-33(49)28-34)30-16-20-32(21-17-30)48(42(51)60)25-11-27-55(48)40(58)38(46(4,5)6)53-44(62)64-8/h9,12-21,28,35-38H,10-11,22-27H2,1-8H3,(H2,50,59)(H2,51,60)(H,52,61)(H,53,62)/t35-,36-,37-,38-,47+,48+/m1/s1. The highest BCUT2D eigenvalue weighted by atomic mass is 19.1. The van der Waals surface area contributed by atoms with Crippen LogP contribution in [0.15, 0.2) is 72.8 Å². The number of nitrogens with one attached hydrogen (secondary N) is 2. The van der Waals surface area contributed by atoms with E-state index in [-0.39, 0.29) is 25.2 Å². The molecule has 0 unspecified atom stereocenters. The third kappa shape index (κ3) is 8.70. The van der Waals surface area contributed by atoms with Crippen molar-refractivity contribution in [2.45, 2.75) is 115 Å². The number of hydrogen-bond acceptors (Lipinski definition) is 9. The van der Waals surface area contributed by atoms with Crippen molar-refractivity contribution < 1.29 is 42.6 Å². The average Bonchev–Trinajstić information content (AvgIpc) is 4.02. The van der Waals surface area contributed by atoms with Crippen LogP contribution in [-0.4, -0.2) is 85.0 Å². The lowest BCUT2D eigenvalue weighted by atomic mass is 9.82. The summed E-state index contributed by atoms with van der Waals surface area (Å²) in [5.41, 5.74) is 11.5. The molecule has 0 spiro atoms. The van der Waals surface area contributed by atoms with E-state index in [4.69, 9.17) is 20.9 Å². The first kappa shape index (κ1) is 47.3. The van der Waals surface area contributed by atoms with E-state index in [9.17, 15) is 33.2 Å². The number of halogens is 1. The van der Waals surface area contributed by atoms with Gasteiger partial charge in [-0.2, -0.15) is 0 Å². The molecule has 3 aliphatic rings. The smallest absolute Gasteiger partial charge is 0.407 e. The molecule has 3 aliphatic heterocycles. The van der Waals surface area contributed by atoms with Crippen molar-refractivity contribution in [3.05, 3.63) is 101 Å². The van der Waals surface area contributed by atoms with Crippen molar-refractivity contribution in [1.29, 1.82) is 0 Å². The zero-order valence-electron chi connectivity index (χ0n) is 38.0. The summed E-state index contributed by atoms with van der Waals surface area (Å²) in [6.07, 6.45) is 1.44. The van der Waals surface area contributed by atoms with Gasteiger partial charge >= 0.3 is 12.2 Å². The van der Waals surface area contributed by atoms with Crippen LogP contribution in [0.5, 0.6) is 0 Å². The number of amides is 6. The van der Waals surface area contributed by atoms with Crippen LogP contribution in [0.2, 0.25) is 0 Å². The van der Waals surface area contributed by atoms with Crippen LogP contribution in [0.4, 0.5) is 19.7 Å². The van der Waals surface area contributed by atoms with E-state index in [1.165, 1.54) is 36.2 Å². The van der Waals surface area contributed by atoms with Gasteiger partial charge in [-0.3, -0.25) is 19.2 Å². The van der Waals surface area contributed by atoms with E-state index in [2.05, 4.69) is 15.5 Å². The molecule has 15 nitrogen and oxygen atoms in total. The molecule has 6 amide bonds. The molecule has 0 bridgehead atoms. The second-order valence-corrected chi connectivity index (χ2v) is 19.2. The zero-order chi connectivity index (χ0) is 46.9. The Kier molecular flexibility index (Phi) is 13.4. The lowest BCUT2D eigenvalue weighted by Crippen LogP contribution is -2.61. The third-order valence-corrected chi connectivity index (χ3v) is 13.3. The van der Waals surface area contributed by atoms with E-state index in [1.807, 2.05) is 96.1 Å². The van der Waals surface area contributed by atoms with Gasteiger partial charge in [-0.1, -0.05) is 96.1 Å². The maximum Gasteiger partial charge on any atom is 0.407 e. The van der Waals surface area contributed by atoms with E-state index < -0.39 is 75.6 Å². The largest absolute Gasteiger partial charge is 0.453 e. The fourth-order valence-corrected chi connectivity index (χ4v) is 10.0. The summed E-state index contributed by atoms with van der Waals surface area (Å²) in [6.45, 7) is 11.4. The molecule has 0 radical (unpaired) electrons. The molecule has 64 heavy (non-hydrogen) atoms. The molecule has 6 rings (SSSR count). The lowest BCUT2D eigenvalue weighted by Gasteiger charge is -2.41. The minimum absolute atomic E-state index is 0.238. The van der Waals surface area contributed by atoms with Crippen LogP contribution in [0.25, 0.3) is 0 Å². The molecule has 0 aromatic heterocycles. The van der Waals surface area contributed by atoms with Crippen LogP contribution in [0, 0.1) is 16.6 Å². The summed E-state index contributed by atoms with van der Waals surface area (Å²) in [4.78, 5) is 85.4. The number of alkyl carbamates (subject to hydrolysis) is 2. The molecule has 16 heteroatoms. The third-order valence-electron chi connectivity index (χ3n) is 13.3. The van der Waals surface area contributed by atoms with Gasteiger partial charge in [0.2, 0.25) is 23.6 Å². The molecule has 3 fully saturated rings. The first-order valence-electron chi connectivity index (χ1n) is 21.8. The number of primary amides is 2. The number of rotatable bonds is 11. The second-order valence-electron chi connectivity index (χ2n) is 19.2. The molecule has 3 saturated heterocycles. The second kappa shape index (κ2) is 18.1. The summed E-state index contributed by atoms with van der Waals surface area (Å²) in [5, 5.41) is 5.31. The lowest BCUT2D eigenvalue weighted by molar-refractivity contribution is -0.147. The Morgan fingerprint density at radius 3 is 1.38 bits per heavy atom. The number of nitrogens with zero attached hydrogens (tertiary/aromatic N) is 3. The van der Waals surface area contributed by atoms with E-state index in [1.54, 1.807) is 6.07 Å². The van der Waals surface area contributed by atoms with Crippen molar-refractivity contribution in [2.24, 2.45) is 22.3 Å². The highest BCUT2D eigenvalue weighted by molar-refractivity contribution is 5.96. The SMILES string of the molecule is COC(=O)N[C@H](C(=O)N1CCC[C@@]1(C(N)=O)c1ccc([C@H]2CC[C@H](c3ccc([C@]4(C(N)=O)CCCN4C(=O)[C@@H](NC(=O)OC)C(C)(C)C)cc3)N2c2cccc(F)c2)cc1)C(C)(C)C. The van der Waals surface area contributed by atoms with Crippen molar-refractivity contribution in [1.82, 2.24) is 20.4 Å². The number of carbonyl (C=O) groups is 6. The van der Waals surface area contributed by atoms with Crippen molar-refractivity contribution in [3.8, 4) is 0 Å². The predicted molar refractivity (Wildman–Crippen MR) is 238 cm³/mol. The molecule has 3 aromatic carbocycles. The Labute approximate surface area is 374 Å². The molecule has 3 heterocycles. The molecule has 6 N–H and O–H groups in total. The number of methoxy groups -OCH3 is 2. The van der Waals surface area contributed by atoms with Crippen LogP contribution >= 0.6 is 0 Å². The summed E-state index contributed by atoms with van der Waals surface area (Å²) < 4.78 is 24.6. The van der Waals surface area contributed by atoms with Gasteiger partial charge in [0.05, 0.1) is 26.3 Å². The normalized spacial score (nSPS) is 23.3. The maximum absolute atomic E-state index is 15.0. The van der Waals surface area contributed by atoms with Gasteiger partial charge in [-0.05, 0) is 89.8 Å². The zero-order valence-corrected chi connectivity index (χ0v) is 38.0. The monoisotopic (exact) mass is 883 g/mol. The molecule has 3 aromatic rings. The van der Waals surface area contributed by atoms with Gasteiger partial charge in [0.15, 0.2) is 0 Å². The number of carbonyl (C=O) groups excluding carboxylic acids is 6. The number of ether oxygens (including phenoxy) is 2. The Morgan fingerprint density at radius 1 is 0.656 bits per heavy atom. The number of likely N-dealkylation sites (tertiary alicyclic amines) is 2. The molecule has 6 atom stereocenters. The minimum atomic E-state index is -1.47. The topological polar surface area (TPSA) is 207 Å². The number of benzene rings is 3. The molecular formula is C48H62FN7O8. The highest BCUT2D eigenvalue weighted by Crippen LogP contribution is 2.49. The average molecular weight is 884 g/mol. The summed E-state index contributed by atoms with van der Waals surface area (Å²) in [6, 6.07) is 18.9. The van der Waals surface area contributed by atoms with Gasteiger partial charge in [0, 0.05) is 18.8 Å². The molecule has 0 saturated carbocycles. The van der Waals surface area contributed by atoms with E-state index in [0.717, 1.165) is 11.1 Å². The van der Waals surface area contributed by atoms with Gasteiger partial charge < -0.3 is 46.3 Å². The summed E-state index contributed by atoms with van der Waals surface area (Å²) >= 11 is 0. The number of anilines is 1. The van der Waals surface area contributed by atoms with E-state index >= 15 is 0 Å². The van der Waals surface area contributed by atoms with Crippen LogP contribution < -0.4 is 27.0 Å². The fourth-order valence-electron chi connectivity index (χ4n) is 10.0. The van der Waals surface area contributed by atoms with Gasteiger partial charge in [-0.25, -0.2) is 14.0 Å². The Balaban J connectivity index is 1.33. The Hall–Kier alpha value is -6.19. The van der Waals surface area contributed by atoms with Crippen molar-refractivity contribution in [2.75, 3.05) is 32.2 Å². The van der Waals surface area contributed by atoms with Crippen molar-refractivity contribution in [3.63, 3.8) is 0 Å². The van der Waals surface area contributed by atoms with Crippen LogP contribution in [-0.2, 0) is 39.7 Å².